The number of carboxylic acid groups (broad SMARTS) is 1. The van der Waals surface area contributed by atoms with Gasteiger partial charge in [-0.3, -0.25) is 9.59 Å². The van der Waals surface area contributed by atoms with Crippen molar-refractivity contribution >= 4 is 11.9 Å². The molecule has 4 nitrogen and oxygen atoms in total. The van der Waals surface area contributed by atoms with Crippen LogP contribution in [0.25, 0.3) is 0 Å². The van der Waals surface area contributed by atoms with Crippen molar-refractivity contribution in [1.29, 1.82) is 0 Å². The van der Waals surface area contributed by atoms with E-state index >= 15 is 0 Å². The largest absolute Gasteiger partial charge is 0.481 e. The fraction of sp³-hybridized carbons (Fsp3) is 0.500. The molecule has 0 atom stereocenters. The summed E-state index contributed by atoms with van der Waals surface area (Å²) in [6, 6.07) is 4.62. The molecule has 1 aromatic carbocycles. The van der Waals surface area contributed by atoms with Crippen molar-refractivity contribution in [2.24, 2.45) is 5.41 Å². The molecule has 1 amide bonds. The maximum atomic E-state index is 13.2. The zero-order valence-electron chi connectivity index (χ0n) is 11.8. The molecule has 1 fully saturated rings. The van der Waals surface area contributed by atoms with Gasteiger partial charge in [0.15, 0.2) is 0 Å². The number of aliphatic carboxylic acids is 1. The average Bonchev–Trinajstić information content (AvgIpc) is 2.41. The summed E-state index contributed by atoms with van der Waals surface area (Å²) < 4.78 is 13.2. The Kier molecular flexibility index (Phi) is 3.43. The van der Waals surface area contributed by atoms with Gasteiger partial charge in [-0.1, -0.05) is 12.5 Å². The quantitative estimate of drug-likeness (QED) is 0.930. The molecule has 1 aliphatic carbocycles. The smallest absolute Gasteiger partial charge is 0.310 e. The second kappa shape index (κ2) is 5.13. The molecule has 0 bridgehead atoms. The zero-order chi connectivity index (χ0) is 15.0. The average molecular weight is 291 g/mol. The molecule has 0 spiro atoms. The van der Waals surface area contributed by atoms with Crippen LogP contribution in [0.5, 0.6) is 0 Å². The second-order valence-corrected chi connectivity index (χ2v) is 6.09. The summed E-state index contributed by atoms with van der Waals surface area (Å²) in [5.41, 5.74) is 1.05. The first-order chi connectivity index (χ1) is 10.00. The van der Waals surface area contributed by atoms with Crippen molar-refractivity contribution in [3.8, 4) is 0 Å². The van der Waals surface area contributed by atoms with Crippen LogP contribution in [-0.2, 0) is 22.6 Å². The minimum atomic E-state index is -0.860. The SMILES string of the molecule is O=C(CC1(C(=O)O)CCC1)N1CCc2cc(F)ccc2C1. The van der Waals surface area contributed by atoms with Crippen molar-refractivity contribution in [3.63, 3.8) is 0 Å². The summed E-state index contributed by atoms with van der Waals surface area (Å²) in [5, 5.41) is 9.31. The molecule has 0 aromatic heterocycles. The van der Waals surface area contributed by atoms with Gasteiger partial charge >= 0.3 is 5.97 Å². The monoisotopic (exact) mass is 291 g/mol. The van der Waals surface area contributed by atoms with Crippen molar-refractivity contribution < 1.29 is 19.1 Å². The number of hydrogen-bond donors (Lipinski definition) is 1. The summed E-state index contributed by atoms with van der Waals surface area (Å²) in [6.45, 7) is 0.981. The van der Waals surface area contributed by atoms with Gasteiger partial charge in [0.2, 0.25) is 5.91 Å². The normalized spacial score (nSPS) is 19.6. The van der Waals surface area contributed by atoms with Crippen molar-refractivity contribution in [1.82, 2.24) is 4.90 Å². The number of halogens is 1. The maximum absolute atomic E-state index is 13.2. The van der Waals surface area contributed by atoms with Crippen molar-refractivity contribution in [3.05, 3.63) is 35.1 Å². The molecule has 0 unspecified atom stereocenters. The van der Waals surface area contributed by atoms with E-state index in [0.717, 1.165) is 17.5 Å². The van der Waals surface area contributed by atoms with Gasteiger partial charge in [-0.2, -0.15) is 0 Å². The third-order valence-corrected chi connectivity index (χ3v) is 4.79. The third kappa shape index (κ3) is 2.52. The molecule has 3 rings (SSSR count). The molecule has 1 N–H and O–H groups in total. The van der Waals surface area contributed by atoms with Crippen molar-refractivity contribution in [2.75, 3.05) is 6.54 Å². The zero-order valence-corrected chi connectivity index (χ0v) is 11.8. The van der Waals surface area contributed by atoms with Gasteiger partial charge in [0.05, 0.1) is 5.41 Å². The van der Waals surface area contributed by atoms with Crippen LogP contribution in [0.3, 0.4) is 0 Å². The van der Waals surface area contributed by atoms with E-state index in [1.165, 1.54) is 12.1 Å². The maximum Gasteiger partial charge on any atom is 0.310 e. The highest BCUT2D eigenvalue weighted by molar-refractivity contribution is 5.85. The highest BCUT2D eigenvalue weighted by Crippen LogP contribution is 2.44. The molecule has 1 saturated carbocycles. The first-order valence-corrected chi connectivity index (χ1v) is 7.29. The van der Waals surface area contributed by atoms with E-state index in [0.29, 0.717) is 32.4 Å². The molecular weight excluding hydrogens is 273 g/mol. The van der Waals surface area contributed by atoms with Crippen molar-refractivity contribution in [2.45, 2.75) is 38.6 Å². The summed E-state index contributed by atoms with van der Waals surface area (Å²) in [4.78, 5) is 25.4. The summed E-state index contributed by atoms with van der Waals surface area (Å²) in [6.07, 6.45) is 2.76. The molecule has 1 aromatic rings. The number of carbonyl (C=O) groups excluding carboxylic acids is 1. The minimum absolute atomic E-state index is 0.0822. The Bertz CT molecular complexity index is 595. The van der Waals surface area contributed by atoms with Crippen LogP contribution >= 0.6 is 0 Å². The Balaban J connectivity index is 1.70. The van der Waals surface area contributed by atoms with Gasteiger partial charge < -0.3 is 10.0 Å². The lowest BCUT2D eigenvalue weighted by molar-refractivity contribution is -0.159. The number of hydrogen-bond acceptors (Lipinski definition) is 2. The highest BCUT2D eigenvalue weighted by Gasteiger charge is 2.46. The van der Waals surface area contributed by atoms with Gasteiger partial charge in [-0.15, -0.1) is 0 Å². The van der Waals surface area contributed by atoms with Crippen LogP contribution in [0.2, 0.25) is 0 Å². The van der Waals surface area contributed by atoms with Crippen LogP contribution in [0.15, 0.2) is 18.2 Å². The number of rotatable bonds is 3. The fourth-order valence-electron chi connectivity index (χ4n) is 3.21. The molecule has 0 saturated heterocycles. The van der Waals surface area contributed by atoms with Gasteiger partial charge in [0.1, 0.15) is 5.82 Å². The topological polar surface area (TPSA) is 57.6 Å². The number of nitrogens with zero attached hydrogens (tertiary/aromatic N) is 1. The molecule has 1 heterocycles. The first-order valence-electron chi connectivity index (χ1n) is 7.29. The van der Waals surface area contributed by atoms with E-state index < -0.39 is 11.4 Å². The van der Waals surface area contributed by atoms with E-state index in [9.17, 15) is 19.1 Å². The standard InChI is InChI=1S/C16H18FNO3/c17-13-3-2-12-10-18(7-4-11(12)8-13)14(19)9-16(15(20)21)5-1-6-16/h2-3,8H,1,4-7,9-10H2,(H,20,21). The molecule has 21 heavy (non-hydrogen) atoms. The lowest BCUT2D eigenvalue weighted by atomic mass is 9.66. The summed E-state index contributed by atoms with van der Waals surface area (Å²) in [7, 11) is 0. The predicted octanol–water partition coefficient (Wildman–Crippen LogP) is 2.36. The van der Waals surface area contributed by atoms with E-state index in [1.54, 1.807) is 11.0 Å². The third-order valence-electron chi connectivity index (χ3n) is 4.79. The Labute approximate surface area is 122 Å². The number of fused-ring (bicyclic) bond motifs is 1. The Hall–Kier alpha value is -1.91. The Morgan fingerprint density at radius 1 is 1.29 bits per heavy atom. The molecule has 5 heteroatoms. The lowest BCUT2D eigenvalue weighted by Gasteiger charge is -2.39. The second-order valence-electron chi connectivity index (χ2n) is 6.09. The highest BCUT2D eigenvalue weighted by atomic mass is 19.1. The van der Waals surface area contributed by atoms with Gasteiger partial charge in [0, 0.05) is 19.5 Å². The summed E-state index contributed by atoms with van der Waals surface area (Å²) >= 11 is 0. The molecular formula is C16H18FNO3. The van der Waals surface area contributed by atoms with Crippen LogP contribution in [0.1, 0.15) is 36.8 Å². The number of amides is 1. The lowest BCUT2D eigenvalue weighted by Crippen LogP contribution is -2.45. The molecule has 1 aliphatic heterocycles. The Morgan fingerprint density at radius 2 is 2.05 bits per heavy atom. The molecule has 112 valence electrons. The minimum Gasteiger partial charge on any atom is -0.481 e. The Morgan fingerprint density at radius 3 is 2.67 bits per heavy atom. The van der Waals surface area contributed by atoms with Crippen LogP contribution < -0.4 is 0 Å². The van der Waals surface area contributed by atoms with Crippen LogP contribution in [0, 0.1) is 11.2 Å². The number of benzene rings is 1. The van der Waals surface area contributed by atoms with Gasteiger partial charge in [-0.05, 0) is 42.5 Å². The number of carboxylic acids is 1. The summed E-state index contributed by atoms with van der Waals surface area (Å²) in [5.74, 6) is -1.22. The first kappa shape index (κ1) is 14.0. The fourth-order valence-corrected chi connectivity index (χ4v) is 3.21. The van der Waals surface area contributed by atoms with E-state index in [4.69, 9.17) is 0 Å². The van der Waals surface area contributed by atoms with Crippen LogP contribution in [0.4, 0.5) is 4.39 Å². The van der Waals surface area contributed by atoms with Gasteiger partial charge in [-0.25, -0.2) is 4.39 Å². The predicted molar refractivity (Wildman–Crippen MR) is 74.1 cm³/mol. The van der Waals surface area contributed by atoms with E-state index in [2.05, 4.69) is 0 Å². The van der Waals surface area contributed by atoms with E-state index in [1.807, 2.05) is 0 Å². The number of carbonyl (C=O) groups is 2. The van der Waals surface area contributed by atoms with E-state index in [-0.39, 0.29) is 18.1 Å². The van der Waals surface area contributed by atoms with Crippen LogP contribution in [-0.4, -0.2) is 28.4 Å². The van der Waals surface area contributed by atoms with Gasteiger partial charge in [0.25, 0.3) is 0 Å². The molecule has 2 aliphatic rings. The molecule has 0 radical (unpaired) electrons.